The molecule has 0 bridgehead atoms. The molecule has 0 aliphatic carbocycles. The Morgan fingerprint density at radius 3 is 2.18 bits per heavy atom. The molecule has 8 nitrogen and oxygen atoms in total. The molecule has 1 N–H and O–H groups in total. The molecule has 0 aromatic heterocycles. The number of hydrogen-bond donors (Lipinski definition) is 1. The number of amides is 2. The van der Waals surface area contributed by atoms with Crippen LogP contribution in [0.5, 0.6) is 5.75 Å². The van der Waals surface area contributed by atoms with Crippen molar-refractivity contribution < 1.29 is 40.1 Å². The molecule has 0 spiro atoms. The van der Waals surface area contributed by atoms with E-state index in [0.717, 1.165) is 18.2 Å². The number of carbonyl (C=O) groups excluding carboxylic acids is 2. The van der Waals surface area contributed by atoms with E-state index in [1.54, 1.807) is 43.3 Å². The summed E-state index contributed by atoms with van der Waals surface area (Å²) >= 11 is 0. The molecule has 0 fully saturated rings. The zero-order valence-corrected chi connectivity index (χ0v) is 22.2. The van der Waals surface area contributed by atoms with Gasteiger partial charge >= 0.3 is 28.3 Å². The van der Waals surface area contributed by atoms with E-state index in [2.05, 4.69) is 5.32 Å². The van der Waals surface area contributed by atoms with E-state index in [-0.39, 0.29) is 24.9 Å². The molecular formula is C27H27F3N2O6S. The van der Waals surface area contributed by atoms with E-state index >= 15 is 0 Å². The van der Waals surface area contributed by atoms with E-state index in [0.29, 0.717) is 22.9 Å². The molecule has 0 atom stereocenters. The third-order valence-electron chi connectivity index (χ3n) is 5.46. The fraction of sp³-hybridized carbons (Fsp3) is 0.259. The van der Waals surface area contributed by atoms with Crippen LogP contribution in [0.4, 0.5) is 23.7 Å². The maximum absolute atomic E-state index is 13.0. The molecule has 2 amide bonds. The summed E-state index contributed by atoms with van der Waals surface area (Å²) in [6, 6.07) is 14.7. The van der Waals surface area contributed by atoms with Gasteiger partial charge in [0.05, 0.1) is 17.7 Å². The normalized spacial score (nSPS) is 11.7. The first-order valence-electron chi connectivity index (χ1n) is 11.9. The fourth-order valence-electron chi connectivity index (χ4n) is 3.44. The van der Waals surface area contributed by atoms with Crippen LogP contribution in [-0.4, -0.2) is 38.0 Å². The number of nitrogens with one attached hydrogen (secondary N) is 1. The second-order valence-electron chi connectivity index (χ2n) is 8.66. The first kappa shape index (κ1) is 29.5. The van der Waals surface area contributed by atoms with Crippen molar-refractivity contribution in [2.24, 2.45) is 0 Å². The molecule has 0 saturated heterocycles. The molecule has 39 heavy (non-hydrogen) atoms. The minimum absolute atomic E-state index is 0.0987. The van der Waals surface area contributed by atoms with E-state index in [9.17, 15) is 31.2 Å². The van der Waals surface area contributed by atoms with Gasteiger partial charge in [-0.1, -0.05) is 18.2 Å². The van der Waals surface area contributed by atoms with Gasteiger partial charge in [-0.15, -0.1) is 0 Å². The Kier molecular flexibility index (Phi) is 9.23. The summed E-state index contributed by atoms with van der Waals surface area (Å²) < 4.78 is 73.8. The molecule has 3 aromatic rings. The zero-order valence-electron chi connectivity index (χ0n) is 21.4. The highest BCUT2D eigenvalue weighted by Gasteiger charge is 2.32. The molecule has 12 heteroatoms. The lowest BCUT2D eigenvalue weighted by Crippen LogP contribution is -2.39. The number of hydrogen-bond acceptors (Lipinski definition) is 6. The number of urea groups is 1. The minimum atomic E-state index is -4.70. The second kappa shape index (κ2) is 12.2. The summed E-state index contributed by atoms with van der Waals surface area (Å²) in [5.74, 6) is -0.562. The van der Waals surface area contributed by atoms with E-state index in [4.69, 9.17) is 8.92 Å². The standard InChI is InChI=1S/C27H27F3N2O6S/c1-4-37-25(33)20-10-12-22(13-11-20)31-26(34)32(18(2)3)17-19-8-14-23(15-9-19)38-39(35,36)24-7-5-6-21(16-24)27(28,29)30/h5-16,18H,4,17H2,1-3H3,(H,31,34). The fourth-order valence-corrected chi connectivity index (χ4v) is 4.42. The summed E-state index contributed by atoms with van der Waals surface area (Å²) in [5.41, 5.74) is 0.375. The monoisotopic (exact) mass is 564 g/mol. The maximum Gasteiger partial charge on any atom is 0.416 e. The van der Waals surface area contributed by atoms with Crippen molar-refractivity contribution in [3.63, 3.8) is 0 Å². The lowest BCUT2D eigenvalue weighted by molar-refractivity contribution is -0.137. The number of alkyl halides is 3. The van der Waals surface area contributed by atoms with Crippen LogP contribution in [0.15, 0.2) is 77.7 Å². The van der Waals surface area contributed by atoms with Gasteiger partial charge in [0.1, 0.15) is 10.6 Å². The van der Waals surface area contributed by atoms with Gasteiger partial charge in [-0.3, -0.25) is 0 Å². The Labute approximate surface area is 224 Å². The van der Waals surface area contributed by atoms with E-state index < -0.39 is 38.8 Å². The first-order valence-corrected chi connectivity index (χ1v) is 13.3. The minimum Gasteiger partial charge on any atom is -0.462 e. The van der Waals surface area contributed by atoms with Gasteiger partial charge in [-0.25, -0.2) is 9.59 Å². The molecule has 0 radical (unpaired) electrons. The molecular weight excluding hydrogens is 537 g/mol. The Morgan fingerprint density at radius 2 is 1.62 bits per heavy atom. The number of ether oxygens (including phenoxy) is 1. The predicted molar refractivity (Wildman–Crippen MR) is 138 cm³/mol. The maximum atomic E-state index is 13.0. The van der Waals surface area contributed by atoms with Crippen LogP contribution >= 0.6 is 0 Å². The van der Waals surface area contributed by atoms with Gasteiger partial charge in [0.15, 0.2) is 0 Å². The second-order valence-corrected chi connectivity index (χ2v) is 10.2. The Hall–Kier alpha value is -4.06. The first-order chi connectivity index (χ1) is 18.3. The van der Waals surface area contributed by atoms with Gasteiger partial charge in [-0.2, -0.15) is 21.6 Å². The molecule has 0 aliphatic heterocycles. The van der Waals surface area contributed by atoms with Crippen LogP contribution in [0.2, 0.25) is 0 Å². The van der Waals surface area contributed by atoms with Crippen molar-refractivity contribution in [1.82, 2.24) is 4.90 Å². The molecule has 208 valence electrons. The lowest BCUT2D eigenvalue weighted by Gasteiger charge is -2.27. The smallest absolute Gasteiger partial charge is 0.416 e. The van der Waals surface area contributed by atoms with Crippen molar-refractivity contribution in [1.29, 1.82) is 0 Å². The van der Waals surface area contributed by atoms with Gasteiger partial charge in [-0.05, 0) is 80.9 Å². The van der Waals surface area contributed by atoms with Crippen molar-refractivity contribution >= 4 is 27.8 Å². The average molecular weight is 565 g/mol. The highest BCUT2D eigenvalue weighted by atomic mass is 32.2. The number of esters is 1. The van der Waals surface area contributed by atoms with Gasteiger partial charge < -0.3 is 19.1 Å². The summed E-state index contributed by atoms with van der Waals surface area (Å²) in [6.45, 7) is 5.77. The molecule has 0 aliphatic rings. The Bertz CT molecular complexity index is 1410. The number of anilines is 1. The van der Waals surface area contributed by atoms with Crippen LogP contribution in [-0.2, 0) is 27.6 Å². The van der Waals surface area contributed by atoms with Crippen LogP contribution in [0.1, 0.15) is 42.3 Å². The number of nitrogens with zero attached hydrogens (tertiary/aromatic N) is 1. The zero-order chi connectivity index (χ0) is 28.8. The molecule has 3 aromatic carbocycles. The third-order valence-corrected chi connectivity index (χ3v) is 6.71. The third kappa shape index (κ3) is 7.96. The Balaban J connectivity index is 1.67. The number of rotatable bonds is 9. The Morgan fingerprint density at radius 1 is 0.974 bits per heavy atom. The van der Waals surface area contributed by atoms with Crippen molar-refractivity contribution in [3.8, 4) is 5.75 Å². The number of carbonyl (C=O) groups is 2. The number of benzene rings is 3. The van der Waals surface area contributed by atoms with Crippen molar-refractivity contribution in [3.05, 3.63) is 89.5 Å². The molecule has 0 unspecified atom stereocenters. The lowest BCUT2D eigenvalue weighted by atomic mass is 10.2. The van der Waals surface area contributed by atoms with Gasteiger partial charge in [0, 0.05) is 18.3 Å². The molecule has 0 heterocycles. The van der Waals surface area contributed by atoms with Gasteiger partial charge in [0.25, 0.3) is 0 Å². The summed E-state index contributed by atoms with van der Waals surface area (Å²) in [5, 5.41) is 2.77. The highest BCUT2D eigenvalue weighted by Crippen LogP contribution is 2.31. The van der Waals surface area contributed by atoms with Crippen LogP contribution in [0, 0.1) is 0 Å². The van der Waals surface area contributed by atoms with Crippen LogP contribution < -0.4 is 9.50 Å². The summed E-state index contributed by atoms with van der Waals surface area (Å²) in [4.78, 5) is 25.6. The van der Waals surface area contributed by atoms with Gasteiger partial charge in [0.2, 0.25) is 0 Å². The average Bonchev–Trinajstić information content (AvgIpc) is 2.88. The quantitative estimate of drug-likeness (QED) is 0.249. The van der Waals surface area contributed by atoms with E-state index in [1.165, 1.54) is 17.0 Å². The molecule has 3 rings (SSSR count). The highest BCUT2D eigenvalue weighted by molar-refractivity contribution is 7.87. The SMILES string of the molecule is CCOC(=O)c1ccc(NC(=O)N(Cc2ccc(OS(=O)(=O)c3cccc(C(F)(F)F)c3)cc2)C(C)C)cc1. The summed E-state index contributed by atoms with van der Waals surface area (Å²) in [7, 11) is -4.51. The van der Waals surface area contributed by atoms with Crippen LogP contribution in [0.25, 0.3) is 0 Å². The topological polar surface area (TPSA) is 102 Å². The number of halogens is 3. The molecule has 0 saturated carbocycles. The van der Waals surface area contributed by atoms with Crippen molar-refractivity contribution in [2.45, 2.75) is 44.4 Å². The van der Waals surface area contributed by atoms with Crippen molar-refractivity contribution in [2.75, 3.05) is 11.9 Å². The summed E-state index contributed by atoms with van der Waals surface area (Å²) in [6.07, 6.45) is -4.70. The van der Waals surface area contributed by atoms with Crippen LogP contribution in [0.3, 0.4) is 0 Å². The predicted octanol–water partition coefficient (Wildman–Crippen LogP) is 6.09. The van der Waals surface area contributed by atoms with E-state index in [1.807, 2.05) is 13.8 Å². The largest absolute Gasteiger partial charge is 0.462 e.